The molecule has 178 valence electrons. The lowest BCUT2D eigenvalue weighted by Gasteiger charge is -2.36. The van der Waals surface area contributed by atoms with Gasteiger partial charge in [0.2, 0.25) is 5.91 Å². The van der Waals surface area contributed by atoms with Crippen LogP contribution >= 0.6 is 0 Å². The quantitative estimate of drug-likeness (QED) is 0.570. The van der Waals surface area contributed by atoms with Crippen molar-refractivity contribution in [2.75, 3.05) is 38.2 Å². The van der Waals surface area contributed by atoms with Gasteiger partial charge in [0, 0.05) is 43.5 Å². The molecule has 1 fully saturated rings. The van der Waals surface area contributed by atoms with Gasteiger partial charge in [-0.1, -0.05) is 18.2 Å². The van der Waals surface area contributed by atoms with Crippen molar-refractivity contribution in [3.63, 3.8) is 0 Å². The lowest BCUT2D eigenvalue weighted by Crippen LogP contribution is -2.50. The minimum absolute atomic E-state index is 0.222. The van der Waals surface area contributed by atoms with Crippen LogP contribution in [0, 0.1) is 0 Å². The summed E-state index contributed by atoms with van der Waals surface area (Å²) in [5.41, 5.74) is 0.634. The number of rotatable bonds is 5. The highest BCUT2D eigenvalue weighted by Gasteiger charge is 2.31. The molecule has 1 saturated heterocycles. The fraction of sp³-hybridized carbons (Fsp3) is 0.292. The molecule has 0 N–H and O–H groups in total. The Morgan fingerprint density at radius 3 is 2.44 bits per heavy atom. The van der Waals surface area contributed by atoms with Crippen LogP contribution in [0.15, 0.2) is 65.5 Å². The van der Waals surface area contributed by atoms with Crippen molar-refractivity contribution in [1.82, 2.24) is 14.7 Å². The third-order valence-corrected chi connectivity index (χ3v) is 5.69. The van der Waals surface area contributed by atoms with Gasteiger partial charge >= 0.3 is 6.18 Å². The molecule has 0 atom stereocenters. The summed E-state index contributed by atoms with van der Waals surface area (Å²) in [5.74, 6) is 0.368. The Hall–Kier alpha value is -3.82. The van der Waals surface area contributed by atoms with Gasteiger partial charge < -0.3 is 14.5 Å². The van der Waals surface area contributed by atoms with E-state index in [1.165, 1.54) is 12.1 Å². The average molecular weight is 472 g/mol. The van der Waals surface area contributed by atoms with Crippen LogP contribution in [-0.2, 0) is 17.5 Å². The molecule has 1 amide bonds. The van der Waals surface area contributed by atoms with Crippen LogP contribution < -0.4 is 15.2 Å². The van der Waals surface area contributed by atoms with Crippen LogP contribution in [0.25, 0.3) is 11.3 Å². The number of anilines is 1. The summed E-state index contributed by atoms with van der Waals surface area (Å²) >= 11 is 0. The van der Waals surface area contributed by atoms with Crippen molar-refractivity contribution in [1.29, 1.82) is 0 Å². The normalized spacial score (nSPS) is 14.2. The molecule has 34 heavy (non-hydrogen) atoms. The van der Waals surface area contributed by atoms with Crippen molar-refractivity contribution >= 4 is 11.6 Å². The zero-order valence-electron chi connectivity index (χ0n) is 18.5. The SMILES string of the molecule is COc1cccc(-c2ccc(=O)n(CC(=O)N3CCN(c4cccc(C(F)(F)F)c4)CC3)n2)c1. The standard InChI is InChI=1S/C24H23F3N4O3/c1-34-20-7-2-4-17(14-20)21-8-9-22(32)31(28-21)16-23(33)30-12-10-29(11-13-30)19-6-3-5-18(15-19)24(25,26)27/h2-9,14-15H,10-13,16H2,1H3. The fourth-order valence-corrected chi connectivity index (χ4v) is 3.82. The molecule has 1 aliphatic heterocycles. The molecule has 3 aromatic rings. The maximum Gasteiger partial charge on any atom is 0.416 e. The summed E-state index contributed by atoms with van der Waals surface area (Å²) < 4.78 is 45.4. The van der Waals surface area contributed by atoms with E-state index < -0.39 is 17.3 Å². The Morgan fingerprint density at radius 1 is 1.00 bits per heavy atom. The first-order valence-electron chi connectivity index (χ1n) is 10.7. The number of amides is 1. The van der Waals surface area contributed by atoms with Gasteiger partial charge in [-0.25, -0.2) is 4.68 Å². The van der Waals surface area contributed by atoms with E-state index in [2.05, 4.69) is 5.10 Å². The Bertz CT molecular complexity index is 1230. The van der Waals surface area contributed by atoms with Crippen molar-refractivity contribution in [2.45, 2.75) is 12.7 Å². The Kier molecular flexibility index (Phi) is 6.58. The van der Waals surface area contributed by atoms with Crippen LogP contribution in [0.2, 0.25) is 0 Å². The number of piperazine rings is 1. The van der Waals surface area contributed by atoms with Gasteiger partial charge in [-0.2, -0.15) is 18.3 Å². The van der Waals surface area contributed by atoms with Crippen molar-refractivity contribution in [2.24, 2.45) is 0 Å². The largest absolute Gasteiger partial charge is 0.497 e. The molecule has 0 aliphatic carbocycles. The minimum atomic E-state index is -4.41. The lowest BCUT2D eigenvalue weighted by atomic mass is 10.1. The number of halogens is 3. The second kappa shape index (κ2) is 9.58. The number of nitrogens with zero attached hydrogens (tertiary/aromatic N) is 4. The van der Waals surface area contributed by atoms with E-state index in [1.54, 1.807) is 42.3 Å². The molecule has 2 heterocycles. The molecular formula is C24H23F3N4O3. The third kappa shape index (κ3) is 5.22. The molecule has 2 aromatic carbocycles. The van der Waals surface area contributed by atoms with E-state index in [1.807, 2.05) is 11.0 Å². The van der Waals surface area contributed by atoms with Gasteiger partial charge in [0.25, 0.3) is 5.56 Å². The van der Waals surface area contributed by atoms with Crippen LogP contribution in [0.3, 0.4) is 0 Å². The predicted molar refractivity (Wildman–Crippen MR) is 121 cm³/mol. The monoisotopic (exact) mass is 472 g/mol. The Morgan fingerprint density at radius 2 is 1.74 bits per heavy atom. The first kappa shape index (κ1) is 23.3. The summed E-state index contributed by atoms with van der Waals surface area (Å²) in [7, 11) is 1.55. The van der Waals surface area contributed by atoms with Gasteiger partial charge in [0.05, 0.1) is 18.4 Å². The number of carbonyl (C=O) groups is 1. The van der Waals surface area contributed by atoms with Gasteiger partial charge in [-0.05, 0) is 36.4 Å². The van der Waals surface area contributed by atoms with Gasteiger partial charge in [-0.3, -0.25) is 9.59 Å². The van der Waals surface area contributed by atoms with E-state index in [0.717, 1.165) is 22.4 Å². The van der Waals surface area contributed by atoms with Gasteiger partial charge in [0.15, 0.2) is 0 Å². The zero-order valence-corrected chi connectivity index (χ0v) is 18.5. The van der Waals surface area contributed by atoms with Gasteiger partial charge in [0.1, 0.15) is 12.3 Å². The number of hydrogen-bond donors (Lipinski definition) is 0. The molecule has 10 heteroatoms. The molecule has 1 aliphatic rings. The Balaban J connectivity index is 1.42. The zero-order chi connectivity index (χ0) is 24.3. The summed E-state index contributed by atoms with van der Waals surface area (Å²) in [5, 5.41) is 4.33. The van der Waals surface area contributed by atoms with Crippen molar-refractivity contribution < 1.29 is 22.7 Å². The average Bonchev–Trinajstić information content (AvgIpc) is 2.85. The summed E-state index contributed by atoms with van der Waals surface area (Å²) in [6, 6.07) is 15.3. The van der Waals surface area contributed by atoms with Crippen LogP contribution in [0.5, 0.6) is 5.75 Å². The molecule has 0 unspecified atom stereocenters. The van der Waals surface area contributed by atoms with Crippen molar-refractivity contribution in [3.8, 4) is 17.0 Å². The van der Waals surface area contributed by atoms with E-state index in [4.69, 9.17) is 4.74 Å². The number of methoxy groups -OCH3 is 1. The van der Waals surface area contributed by atoms with Crippen LogP contribution in [-0.4, -0.2) is 53.9 Å². The van der Waals surface area contributed by atoms with E-state index in [9.17, 15) is 22.8 Å². The first-order valence-corrected chi connectivity index (χ1v) is 10.7. The molecule has 0 radical (unpaired) electrons. The molecule has 0 bridgehead atoms. The summed E-state index contributed by atoms with van der Waals surface area (Å²) in [6.45, 7) is 1.22. The topological polar surface area (TPSA) is 67.7 Å². The van der Waals surface area contributed by atoms with Crippen molar-refractivity contribution in [3.05, 3.63) is 76.6 Å². The second-order valence-corrected chi connectivity index (χ2v) is 7.86. The number of carbonyl (C=O) groups excluding carboxylic acids is 1. The van der Waals surface area contributed by atoms with E-state index in [0.29, 0.717) is 43.3 Å². The number of benzene rings is 2. The summed E-state index contributed by atoms with van der Waals surface area (Å²) in [6.07, 6.45) is -4.41. The van der Waals surface area contributed by atoms with E-state index in [-0.39, 0.29) is 12.5 Å². The second-order valence-electron chi connectivity index (χ2n) is 7.86. The molecule has 1 aromatic heterocycles. The van der Waals surface area contributed by atoms with Crippen LogP contribution in [0.1, 0.15) is 5.56 Å². The molecular weight excluding hydrogens is 449 g/mol. The fourth-order valence-electron chi connectivity index (χ4n) is 3.82. The number of alkyl halides is 3. The molecule has 0 saturated carbocycles. The van der Waals surface area contributed by atoms with E-state index >= 15 is 0 Å². The maximum absolute atomic E-state index is 13.0. The maximum atomic E-state index is 13.0. The highest BCUT2D eigenvalue weighted by molar-refractivity contribution is 5.76. The number of aromatic nitrogens is 2. The minimum Gasteiger partial charge on any atom is -0.497 e. The Labute approximate surface area is 194 Å². The van der Waals surface area contributed by atoms with Crippen LogP contribution in [0.4, 0.5) is 18.9 Å². The van der Waals surface area contributed by atoms with Gasteiger partial charge in [-0.15, -0.1) is 0 Å². The third-order valence-electron chi connectivity index (χ3n) is 5.69. The predicted octanol–water partition coefficient (Wildman–Crippen LogP) is 3.29. The number of hydrogen-bond acceptors (Lipinski definition) is 5. The first-order chi connectivity index (χ1) is 16.2. The smallest absolute Gasteiger partial charge is 0.416 e. The highest BCUT2D eigenvalue weighted by atomic mass is 19.4. The molecule has 7 nitrogen and oxygen atoms in total. The number of ether oxygens (including phenoxy) is 1. The highest BCUT2D eigenvalue weighted by Crippen LogP contribution is 2.32. The summed E-state index contributed by atoms with van der Waals surface area (Å²) in [4.78, 5) is 28.5. The molecule has 4 rings (SSSR count). The lowest BCUT2D eigenvalue weighted by molar-refractivity contribution is -0.137. The molecule has 0 spiro atoms.